The maximum absolute atomic E-state index is 12.6. The predicted molar refractivity (Wildman–Crippen MR) is 128 cm³/mol. The molecule has 174 valence electrons. The molecule has 33 heavy (non-hydrogen) atoms. The summed E-state index contributed by atoms with van der Waals surface area (Å²) in [6.45, 7) is 5.29. The van der Waals surface area contributed by atoms with E-state index >= 15 is 0 Å². The molecule has 1 aliphatic rings. The van der Waals surface area contributed by atoms with Gasteiger partial charge in [-0.3, -0.25) is 30.6 Å². The third-order valence-corrected chi connectivity index (χ3v) is 5.24. The van der Waals surface area contributed by atoms with Gasteiger partial charge in [0, 0.05) is 19.5 Å². The Labute approximate surface area is 198 Å². The summed E-state index contributed by atoms with van der Waals surface area (Å²) in [5, 5.41) is 2.47. The van der Waals surface area contributed by atoms with Crippen LogP contribution in [0.2, 0.25) is 0 Å². The van der Waals surface area contributed by atoms with Gasteiger partial charge in [0.05, 0.1) is 18.1 Å². The standard InChI is InChI=1S/C24H28N4O4S/c1-16(2)15-32-20-11-7-6-10-19(20)23(31)25-24(33)27-26-22(30)18-12-21(29)28(14-18)13-17-8-4-3-5-9-17/h3-11,16,18H,12-15H2,1-2H3,(H,26,30)(H2,25,27,31,33). The van der Waals surface area contributed by atoms with Crippen LogP contribution in [-0.2, 0) is 16.1 Å². The van der Waals surface area contributed by atoms with Crippen LogP contribution < -0.4 is 20.9 Å². The van der Waals surface area contributed by atoms with Crippen molar-refractivity contribution in [2.45, 2.75) is 26.8 Å². The number of amides is 3. The summed E-state index contributed by atoms with van der Waals surface area (Å²) in [5.74, 6) is -0.628. The molecule has 0 bridgehead atoms. The van der Waals surface area contributed by atoms with E-state index < -0.39 is 11.8 Å². The molecule has 1 heterocycles. The van der Waals surface area contributed by atoms with Crippen molar-refractivity contribution in [3.63, 3.8) is 0 Å². The number of para-hydroxylation sites is 1. The van der Waals surface area contributed by atoms with Crippen LogP contribution in [0.15, 0.2) is 54.6 Å². The Morgan fingerprint density at radius 1 is 1.09 bits per heavy atom. The highest BCUT2D eigenvalue weighted by molar-refractivity contribution is 7.80. The van der Waals surface area contributed by atoms with Crippen molar-refractivity contribution in [1.82, 2.24) is 21.1 Å². The van der Waals surface area contributed by atoms with Gasteiger partial charge in [-0.15, -0.1) is 0 Å². The van der Waals surface area contributed by atoms with Gasteiger partial charge < -0.3 is 9.64 Å². The molecule has 8 nitrogen and oxygen atoms in total. The highest BCUT2D eigenvalue weighted by Crippen LogP contribution is 2.20. The van der Waals surface area contributed by atoms with Gasteiger partial charge in [0.15, 0.2) is 5.11 Å². The molecular weight excluding hydrogens is 440 g/mol. The van der Waals surface area contributed by atoms with E-state index in [0.29, 0.717) is 36.9 Å². The number of nitrogens with zero attached hydrogens (tertiary/aromatic N) is 1. The minimum absolute atomic E-state index is 0.0579. The number of carbonyl (C=O) groups is 3. The lowest BCUT2D eigenvalue weighted by atomic mass is 10.1. The smallest absolute Gasteiger partial charge is 0.261 e. The van der Waals surface area contributed by atoms with E-state index in [2.05, 4.69) is 16.2 Å². The fourth-order valence-corrected chi connectivity index (χ4v) is 3.51. The lowest BCUT2D eigenvalue weighted by Gasteiger charge is -2.17. The Bertz CT molecular complexity index is 1010. The zero-order chi connectivity index (χ0) is 23.8. The fraction of sp³-hybridized carbons (Fsp3) is 0.333. The van der Waals surface area contributed by atoms with Crippen LogP contribution in [0.3, 0.4) is 0 Å². The van der Waals surface area contributed by atoms with Gasteiger partial charge in [-0.1, -0.05) is 56.3 Å². The molecule has 2 aromatic carbocycles. The summed E-state index contributed by atoms with van der Waals surface area (Å²) in [4.78, 5) is 39.1. The SMILES string of the molecule is CC(C)COc1ccccc1C(=O)NC(=S)NNC(=O)C1CC(=O)N(Cc2ccccc2)C1. The molecule has 1 fully saturated rings. The van der Waals surface area contributed by atoms with E-state index in [-0.39, 0.29) is 23.3 Å². The van der Waals surface area contributed by atoms with E-state index in [0.717, 1.165) is 5.56 Å². The number of rotatable bonds is 7. The molecule has 0 spiro atoms. The molecule has 1 aliphatic heterocycles. The summed E-state index contributed by atoms with van der Waals surface area (Å²) in [7, 11) is 0. The Balaban J connectivity index is 1.47. The quantitative estimate of drug-likeness (QED) is 0.426. The first-order valence-electron chi connectivity index (χ1n) is 10.8. The molecule has 1 unspecified atom stereocenters. The largest absolute Gasteiger partial charge is 0.492 e. The van der Waals surface area contributed by atoms with Crippen LogP contribution >= 0.6 is 12.2 Å². The number of likely N-dealkylation sites (tertiary alicyclic amines) is 1. The molecule has 2 aromatic rings. The van der Waals surface area contributed by atoms with Crippen molar-refractivity contribution in [2.24, 2.45) is 11.8 Å². The summed E-state index contributed by atoms with van der Waals surface area (Å²) >= 11 is 5.13. The molecule has 0 aliphatic carbocycles. The molecule has 0 radical (unpaired) electrons. The number of carbonyl (C=O) groups excluding carboxylic acids is 3. The molecule has 3 amide bonds. The van der Waals surface area contributed by atoms with Crippen molar-refractivity contribution in [2.75, 3.05) is 13.2 Å². The minimum atomic E-state index is -0.502. The maximum atomic E-state index is 12.6. The number of thiocarbonyl (C=S) groups is 1. The minimum Gasteiger partial charge on any atom is -0.492 e. The lowest BCUT2D eigenvalue weighted by molar-refractivity contribution is -0.129. The maximum Gasteiger partial charge on any atom is 0.261 e. The molecule has 1 atom stereocenters. The Morgan fingerprint density at radius 2 is 1.79 bits per heavy atom. The van der Waals surface area contributed by atoms with Crippen molar-refractivity contribution < 1.29 is 19.1 Å². The molecule has 0 aromatic heterocycles. The fourth-order valence-electron chi connectivity index (χ4n) is 3.36. The third kappa shape index (κ3) is 7.01. The summed E-state index contributed by atoms with van der Waals surface area (Å²) < 4.78 is 5.70. The average molecular weight is 469 g/mol. The van der Waals surface area contributed by atoms with Crippen molar-refractivity contribution in [1.29, 1.82) is 0 Å². The van der Waals surface area contributed by atoms with Crippen LogP contribution in [0.25, 0.3) is 0 Å². The first kappa shape index (κ1) is 24.2. The average Bonchev–Trinajstić information content (AvgIpc) is 3.17. The van der Waals surface area contributed by atoms with E-state index in [9.17, 15) is 14.4 Å². The first-order chi connectivity index (χ1) is 15.8. The normalized spacial score (nSPS) is 15.3. The molecule has 3 N–H and O–H groups in total. The van der Waals surface area contributed by atoms with Crippen molar-refractivity contribution >= 4 is 35.1 Å². The van der Waals surface area contributed by atoms with Crippen LogP contribution in [0.4, 0.5) is 0 Å². The number of hydrogen-bond donors (Lipinski definition) is 3. The number of benzene rings is 2. The number of nitrogens with one attached hydrogen (secondary N) is 3. The van der Waals surface area contributed by atoms with Gasteiger partial charge >= 0.3 is 0 Å². The van der Waals surface area contributed by atoms with Gasteiger partial charge in [-0.2, -0.15) is 0 Å². The van der Waals surface area contributed by atoms with E-state index in [1.54, 1.807) is 29.2 Å². The molecule has 1 saturated heterocycles. The van der Waals surface area contributed by atoms with Gasteiger partial charge in [-0.05, 0) is 35.8 Å². The molecular formula is C24H28N4O4S. The molecule has 3 rings (SSSR count). The first-order valence-corrected chi connectivity index (χ1v) is 11.2. The second-order valence-corrected chi connectivity index (χ2v) is 8.67. The van der Waals surface area contributed by atoms with Gasteiger partial charge in [0.25, 0.3) is 5.91 Å². The number of hydrogen-bond acceptors (Lipinski definition) is 5. The molecule has 0 saturated carbocycles. The second-order valence-electron chi connectivity index (χ2n) is 8.26. The van der Waals surface area contributed by atoms with Gasteiger partial charge in [0.1, 0.15) is 5.75 Å². The monoisotopic (exact) mass is 468 g/mol. The highest BCUT2D eigenvalue weighted by atomic mass is 32.1. The zero-order valence-corrected chi connectivity index (χ0v) is 19.5. The number of ether oxygens (including phenoxy) is 1. The lowest BCUT2D eigenvalue weighted by Crippen LogP contribution is -2.50. The Hall–Kier alpha value is -3.46. The van der Waals surface area contributed by atoms with E-state index in [1.807, 2.05) is 44.2 Å². The Kier molecular flexibility index (Phi) is 8.37. The van der Waals surface area contributed by atoms with Crippen LogP contribution in [0.1, 0.15) is 36.2 Å². The number of hydrazine groups is 1. The molecule has 9 heteroatoms. The van der Waals surface area contributed by atoms with Crippen LogP contribution in [0.5, 0.6) is 5.75 Å². The Morgan fingerprint density at radius 3 is 2.52 bits per heavy atom. The van der Waals surface area contributed by atoms with Crippen LogP contribution in [0, 0.1) is 11.8 Å². The van der Waals surface area contributed by atoms with E-state index in [4.69, 9.17) is 17.0 Å². The third-order valence-electron chi connectivity index (χ3n) is 5.03. The van der Waals surface area contributed by atoms with Gasteiger partial charge in [0.2, 0.25) is 11.8 Å². The zero-order valence-electron chi connectivity index (χ0n) is 18.7. The summed E-state index contributed by atoms with van der Waals surface area (Å²) in [6.07, 6.45) is 0.125. The van der Waals surface area contributed by atoms with Crippen molar-refractivity contribution in [3.05, 3.63) is 65.7 Å². The van der Waals surface area contributed by atoms with Crippen LogP contribution in [-0.4, -0.2) is 40.9 Å². The highest BCUT2D eigenvalue weighted by Gasteiger charge is 2.34. The summed E-state index contributed by atoms with van der Waals surface area (Å²) in [5.41, 5.74) is 6.37. The van der Waals surface area contributed by atoms with Crippen molar-refractivity contribution in [3.8, 4) is 5.75 Å². The predicted octanol–water partition coefficient (Wildman–Crippen LogP) is 2.41. The summed E-state index contributed by atoms with van der Waals surface area (Å²) in [6, 6.07) is 16.5. The second kappa shape index (κ2) is 11.4. The topological polar surface area (TPSA) is 99.8 Å². The van der Waals surface area contributed by atoms with Gasteiger partial charge in [-0.25, -0.2) is 0 Å². The van der Waals surface area contributed by atoms with E-state index in [1.165, 1.54) is 0 Å².